The number of carboxylic acid groups (broad SMARTS) is 1. The third-order valence-corrected chi connectivity index (χ3v) is 3.39. The molecule has 15 heavy (non-hydrogen) atoms. The molecule has 0 amide bonds. The standard InChI is InChI=1S/C8H10N2O4S/c1-10(7-3-2-4-9-5-7)15(13,14)6-8(11)12/h2-5H,6H2,1H3,(H,11,12). The Bertz CT molecular complexity index is 443. The summed E-state index contributed by atoms with van der Waals surface area (Å²) in [4.78, 5) is 14.1. The van der Waals surface area contributed by atoms with Gasteiger partial charge in [-0.05, 0) is 12.1 Å². The molecule has 0 radical (unpaired) electrons. The van der Waals surface area contributed by atoms with Crippen LogP contribution in [0.1, 0.15) is 0 Å². The Morgan fingerprint density at radius 1 is 1.60 bits per heavy atom. The van der Waals surface area contributed by atoms with Crippen LogP contribution in [0, 0.1) is 0 Å². The van der Waals surface area contributed by atoms with E-state index in [1.807, 2.05) is 0 Å². The van der Waals surface area contributed by atoms with Crippen molar-refractivity contribution in [2.24, 2.45) is 0 Å². The van der Waals surface area contributed by atoms with E-state index in [-0.39, 0.29) is 0 Å². The molecule has 82 valence electrons. The van der Waals surface area contributed by atoms with Crippen molar-refractivity contribution >= 4 is 21.7 Å². The summed E-state index contributed by atoms with van der Waals surface area (Å²) in [5, 5.41) is 8.42. The van der Waals surface area contributed by atoms with E-state index in [0.29, 0.717) is 5.69 Å². The fraction of sp³-hybridized carbons (Fsp3) is 0.250. The molecule has 7 heteroatoms. The minimum absolute atomic E-state index is 0.332. The number of sulfonamides is 1. The van der Waals surface area contributed by atoms with Gasteiger partial charge < -0.3 is 5.11 Å². The smallest absolute Gasteiger partial charge is 0.320 e. The molecule has 6 nitrogen and oxygen atoms in total. The largest absolute Gasteiger partial charge is 0.480 e. The molecule has 1 aromatic heterocycles. The summed E-state index contributed by atoms with van der Waals surface area (Å²) in [6.07, 6.45) is 2.85. The Morgan fingerprint density at radius 3 is 2.73 bits per heavy atom. The first kappa shape index (κ1) is 11.4. The monoisotopic (exact) mass is 230 g/mol. The molecule has 0 aliphatic carbocycles. The highest BCUT2D eigenvalue weighted by molar-refractivity contribution is 7.93. The molecule has 0 aromatic carbocycles. The molecule has 0 atom stereocenters. The normalized spacial score (nSPS) is 11.0. The average molecular weight is 230 g/mol. The molecular weight excluding hydrogens is 220 g/mol. The Morgan fingerprint density at radius 2 is 2.27 bits per heavy atom. The summed E-state index contributed by atoms with van der Waals surface area (Å²) >= 11 is 0. The number of anilines is 1. The zero-order chi connectivity index (χ0) is 11.5. The van der Waals surface area contributed by atoms with E-state index in [1.165, 1.54) is 25.5 Å². The first-order chi connectivity index (χ1) is 6.93. The Balaban J connectivity index is 2.95. The summed E-state index contributed by atoms with van der Waals surface area (Å²) in [7, 11) is -2.53. The van der Waals surface area contributed by atoms with Gasteiger partial charge in [0.05, 0.1) is 11.9 Å². The average Bonchev–Trinajstić information content (AvgIpc) is 2.16. The van der Waals surface area contributed by atoms with Crippen molar-refractivity contribution in [1.82, 2.24) is 4.98 Å². The van der Waals surface area contributed by atoms with Gasteiger partial charge in [0, 0.05) is 13.2 Å². The summed E-state index contributed by atoms with van der Waals surface area (Å²) in [5.74, 6) is -2.32. The van der Waals surface area contributed by atoms with Crippen molar-refractivity contribution in [3.63, 3.8) is 0 Å². The molecule has 1 aromatic rings. The zero-order valence-electron chi connectivity index (χ0n) is 7.99. The zero-order valence-corrected chi connectivity index (χ0v) is 8.81. The summed E-state index contributed by atoms with van der Waals surface area (Å²) in [6.45, 7) is 0. The topological polar surface area (TPSA) is 87.6 Å². The maximum atomic E-state index is 11.5. The van der Waals surface area contributed by atoms with Crippen LogP contribution in [0.5, 0.6) is 0 Å². The lowest BCUT2D eigenvalue weighted by Gasteiger charge is -2.17. The number of aromatic nitrogens is 1. The van der Waals surface area contributed by atoms with Gasteiger partial charge in [0.1, 0.15) is 0 Å². The predicted octanol–water partition coefficient (Wildman–Crippen LogP) is -0.0678. The molecule has 1 N–H and O–H groups in total. The van der Waals surface area contributed by atoms with Gasteiger partial charge >= 0.3 is 5.97 Å². The van der Waals surface area contributed by atoms with Gasteiger partial charge in [0.15, 0.2) is 5.75 Å². The van der Waals surface area contributed by atoms with Gasteiger partial charge in [-0.1, -0.05) is 0 Å². The van der Waals surface area contributed by atoms with Gasteiger partial charge in [-0.15, -0.1) is 0 Å². The molecule has 0 unspecified atom stereocenters. The van der Waals surface area contributed by atoms with Crippen LogP contribution in [0.4, 0.5) is 5.69 Å². The Hall–Kier alpha value is -1.63. The quantitative estimate of drug-likeness (QED) is 0.782. The minimum atomic E-state index is -3.82. The molecule has 0 fully saturated rings. The second-order valence-electron chi connectivity index (χ2n) is 2.83. The number of hydrogen-bond acceptors (Lipinski definition) is 4. The number of carboxylic acids is 1. The second kappa shape index (κ2) is 4.26. The van der Waals surface area contributed by atoms with Crippen molar-refractivity contribution in [1.29, 1.82) is 0 Å². The van der Waals surface area contributed by atoms with E-state index < -0.39 is 21.7 Å². The third kappa shape index (κ3) is 2.91. The number of pyridine rings is 1. The van der Waals surface area contributed by atoms with E-state index >= 15 is 0 Å². The third-order valence-electron chi connectivity index (χ3n) is 1.73. The highest BCUT2D eigenvalue weighted by atomic mass is 32.2. The number of carbonyl (C=O) groups is 1. The van der Waals surface area contributed by atoms with E-state index in [9.17, 15) is 13.2 Å². The van der Waals surface area contributed by atoms with Crippen LogP contribution in [0.15, 0.2) is 24.5 Å². The van der Waals surface area contributed by atoms with Crippen molar-refractivity contribution in [3.8, 4) is 0 Å². The summed E-state index contributed by atoms with van der Waals surface area (Å²) < 4.78 is 23.8. The van der Waals surface area contributed by atoms with Crippen molar-refractivity contribution in [2.45, 2.75) is 0 Å². The van der Waals surface area contributed by atoms with Crippen molar-refractivity contribution < 1.29 is 18.3 Å². The number of rotatable bonds is 4. The first-order valence-electron chi connectivity index (χ1n) is 4.02. The Labute approximate surface area is 87.2 Å². The van der Waals surface area contributed by atoms with Crippen LogP contribution >= 0.6 is 0 Å². The number of aliphatic carboxylic acids is 1. The van der Waals surface area contributed by atoms with Gasteiger partial charge in [0.2, 0.25) is 10.0 Å². The molecular formula is C8H10N2O4S. The van der Waals surface area contributed by atoms with Crippen LogP contribution in [-0.2, 0) is 14.8 Å². The lowest BCUT2D eigenvalue weighted by molar-refractivity contribution is -0.134. The predicted molar refractivity (Wildman–Crippen MR) is 54.1 cm³/mol. The van der Waals surface area contributed by atoms with Gasteiger partial charge in [-0.2, -0.15) is 0 Å². The van der Waals surface area contributed by atoms with E-state index in [2.05, 4.69) is 4.98 Å². The van der Waals surface area contributed by atoms with Crippen LogP contribution in [-0.4, -0.2) is 37.3 Å². The SMILES string of the molecule is CN(c1cccnc1)S(=O)(=O)CC(=O)O. The second-order valence-corrected chi connectivity index (χ2v) is 4.83. The van der Waals surface area contributed by atoms with Gasteiger partial charge in [-0.25, -0.2) is 8.42 Å². The maximum absolute atomic E-state index is 11.5. The summed E-state index contributed by atoms with van der Waals surface area (Å²) in [5.41, 5.74) is 0.332. The van der Waals surface area contributed by atoms with E-state index in [1.54, 1.807) is 6.07 Å². The number of hydrogen-bond donors (Lipinski definition) is 1. The van der Waals surface area contributed by atoms with Crippen molar-refractivity contribution in [2.75, 3.05) is 17.1 Å². The van der Waals surface area contributed by atoms with E-state index in [4.69, 9.17) is 5.11 Å². The van der Waals surface area contributed by atoms with E-state index in [0.717, 1.165) is 4.31 Å². The van der Waals surface area contributed by atoms with Crippen molar-refractivity contribution in [3.05, 3.63) is 24.5 Å². The van der Waals surface area contributed by atoms with Crippen LogP contribution in [0.25, 0.3) is 0 Å². The fourth-order valence-corrected chi connectivity index (χ4v) is 1.89. The van der Waals surface area contributed by atoms with Crippen LogP contribution in [0.3, 0.4) is 0 Å². The van der Waals surface area contributed by atoms with Crippen LogP contribution in [0.2, 0.25) is 0 Å². The lowest BCUT2D eigenvalue weighted by Crippen LogP contribution is -2.32. The highest BCUT2D eigenvalue weighted by Gasteiger charge is 2.21. The highest BCUT2D eigenvalue weighted by Crippen LogP contribution is 2.13. The fourth-order valence-electron chi connectivity index (χ4n) is 0.953. The van der Waals surface area contributed by atoms with Crippen LogP contribution < -0.4 is 4.31 Å². The molecule has 0 spiro atoms. The molecule has 0 aliphatic heterocycles. The summed E-state index contributed by atoms with van der Waals surface area (Å²) in [6, 6.07) is 3.11. The van der Waals surface area contributed by atoms with Gasteiger partial charge in [0.25, 0.3) is 0 Å². The number of nitrogens with zero attached hydrogens (tertiary/aromatic N) is 2. The van der Waals surface area contributed by atoms with Gasteiger partial charge in [-0.3, -0.25) is 14.1 Å². The first-order valence-corrected chi connectivity index (χ1v) is 5.63. The maximum Gasteiger partial charge on any atom is 0.320 e. The Kier molecular flexibility index (Phi) is 3.25. The molecule has 1 rings (SSSR count). The lowest BCUT2D eigenvalue weighted by atomic mass is 10.4. The minimum Gasteiger partial charge on any atom is -0.480 e. The molecule has 0 saturated carbocycles. The molecule has 0 bridgehead atoms. The molecule has 1 heterocycles. The molecule has 0 aliphatic rings. The molecule has 0 saturated heterocycles.